The molecule has 2 nitrogen and oxygen atoms in total. The minimum absolute atomic E-state index is 0.00147. The van der Waals surface area contributed by atoms with E-state index >= 15 is 0 Å². The number of alkyl halides is 3. The van der Waals surface area contributed by atoms with Crippen LogP contribution in [0.1, 0.15) is 15.9 Å². The fraction of sp³-hybridized carbons (Fsp3) is 0.222. The molecule has 0 heterocycles. The van der Waals surface area contributed by atoms with Gasteiger partial charge in [0.25, 0.3) is 5.24 Å². The first-order chi connectivity index (χ1) is 6.79. The standard InChI is InChI=1S/C9H6ClF3O2/c1-5-2-3-6(15-9(11,12)13)4-7(5)8(10)14/h2-4H,1H3. The molecule has 0 aromatic heterocycles. The molecule has 0 amide bonds. The lowest BCUT2D eigenvalue weighted by atomic mass is 10.1. The Morgan fingerprint density at radius 2 is 2.00 bits per heavy atom. The van der Waals surface area contributed by atoms with Crippen molar-refractivity contribution in [3.63, 3.8) is 0 Å². The van der Waals surface area contributed by atoms with E-state index in [0.717, 1.165) is 12.1 Å². The average Bonchev–Trinajstić information content (AvgIpc) is 2.05. The van der Waals surface area contributed by atoms with E-state index in [2.05, 4.69) is 4.74 Å². The Kier molecular flexibility index (Phi) is 3.24. The fourth-order valence-electron chi connectivity index (χ4n) is 1.01. The van der Waals surface area contributed by atoms with Crippen molar-refractivity contribution >= 4 is 16.8 Å². The van der Waals surface area contributed by atoms with Crippen molar-refractivity contribution in [3.05, 3.63) is 29.3 Å². The van der Waals surface area contributed by atoms with Crippen LogP contribution in [0.5, 0.6) is 5.75 Å². The van der Waals surface area contributed by atoms with E-state index in [1.165, 1.54) is 6.07 Å². The van der Waals surface area contributed by atoms with Gasteiger partial charge >= 0.3 is 6.36 Å². The Bertz CT molecular complexity index is 387. The van der Waals surface area contributed by atoms with Crippen molar-refractivity contribution in [1.29, 1.82) is 0 Å². The number of hydrogen-bond acceptors (Lipinski definition) is 2. The van der Waals surface area contributed by atoms with E-state index in [1.54, 1.807) is 6.92 Å². The highest BCUT2D eigenvalue weighted by Gasteiger charge is 2.31. The molecule has 0 atom stereocenters. The van der Waals surface area contributed by atoms with E-state index < -0.39 is 17.4 Å². The maximum absolute atomic E-state index is 11.8. The van der Waals surface area contributed by atoms with Crippen molar-refractivity contribution in [2.45, 2.75) is 13.3 Å². The molecule has 6 heteroatoms. The van der Waals surface area contributed by atoms with Crippen LogP contribution >= 0.6 is 11.6 Å². The molecular weight excluding hydrogens is 233 g/mol. The van der Waals surface area contributed by atoms with Crippen molar-refractivity contribution in [2.75, 3.05) is 0 Å². The van der Waals surface area contributed by atoms with Gasteiger partial charge in [-0.05, 0) is 36.2 Å². The van der Waals surface area contributed by atoms with Crippen LogP contribution in [-0.2, 0) is 0 Å². The third-order valence-electron chi connectivity index (χ3n) is 1.65. The summed E-state index contributed by atoms with van der Waals surface area (Å²) in [6, 6.07) is 3.40. The molecule has 1 aromatic carbocycles. The molecule has 1 aromatic rings. The van der Waals surface area contributed by atoms with E-state index in [4.69, 9.17) is 11.6 Å². The zero-order valence-electron chi connectivity index (χ0n) is 7.56. The maximum atomic E-state index is 11.8. The van der Waals surface area contributed by atoms with Gasteiger partial charge in [0.1, 0.15) is 5.75 Å². The Hall–Kier alpha value is -1.23. The van der Waals surface area contributed by atoms with E-state index in [0.29, 0.717) is 5.56 Å². The van der Waals surface area contributed by atoms with E-state index in [9.17, 15) is 18.0 Å². The molecule has 82 valence electrons. The molecular formula is C9H6ClF3O2. The van der Waals surface area contributed by atoms with Crippen LogP contribution in [0, 0.1) is 6.92 Å². The van der Waals surface area contributed by atoms with Gasteiger partial charge in [-0.2, -0.15) is 0 Å². The summed E-state index contributed by atoms with van der Waals surface area (Å²) in [5.74, 6) is -0.461. The summed E-state index contributed by atoms with van der Waals surface area (Å²) in [4.78, 5) is 10.8. The highest BCUT2D eigenvalue weighted by atomic mass is 35.5. The lowest BCUT2D eigenvalue weighted by molar-refractivity contribution is -0.274. The van der Waals surface area contributed by atoms with Crippen molar-refractivity contribution < 1.29 is 22.7 Å². The van der Waals surface area contributed by atoms with Gasteiger partial charge in [-0.3, -0.25) is 4.79 Å². The van der Waals surface area contributed by atoms with Crippen molar-refractivity contribution in [1.82, 2.24) is 0 Å². The molecule has 0 saturated heterocycles. The van der Waals surface area contributed by atoms with Crippen LogP contribution in [0.4, 0.5) is 13.2 Å². The minimum atomic E-state index is -4.78. The van der Waals surface area contributed by atoms with Gasteiger partial charge in [-0.1, -0.05) is 6.07 Å². The zero-order chi connectivity index (χ0) is 11.6. The van der Waals surface area contributed by atoms with Crippen LogP contribution in [0.2, 0.25) is 0 Å². The first-order valence-electron chi connectivity index (χ1n) is 3.86. The largest absolute Gasteiger partial charge is 0.573 e. The number of carbonyl (C=O) groups is 1. The van der Waals surface area contributed by atoms with Crippen LogP contribution in [0.25, 0.3) is 0 Å². The van der Waals surface area contributed by atoms with Gasteiger partial charge in [-0.25, -0.2) is 0 Å². The first kappa shape index (κ1) is 11.8. The Balaban J connectivity index is 3.03. The molecule has 0 radical (unpaired) electrons. The summed E-state index contributed by atoms with van der Waals surface area (Å²) in [5.41, 5.74) is 0.489. The molecule has 0 spiro atoms. The SMILES string of the molecule is Cc1ccc(OC(F)(F)F)cc1C(=O)Cl. The summed E-state index contributed by atoms with van der Waals surface area (Å²) in [6.45, 7) is 1.56. The van der Waals surface area contributed by atoms with Crippen LogP contribution in [0.15, 0.2) is 18.2 Å². The maximum Gasteiger partial charge on any atom is 0.573 e. The predicted octanol–water partition coefficient (Wildman–Crippen LogP) is 3.27. The molecule has 0 fully saturated rings. The lowest BCUT2D eigenvalue weighted by Crippen LogP contribution is -2.17. The molecule has 0 aliphatic heterocycles. The second-order valence-electron chi connectivity index (χ2n) is 2.80. The fourth-order valence-corrected chi connectivity index (χ4v) is 1.21. The smallest absolute Gasteiger partial charge is 0.406 e. The van der Waals surface area contributed by atoms with Crippen LogP contribution in [-0.4, -0.2) is 11.6 Å². The molecule has 0 N–H and O–H groups in total. The minimum Gasteiger partial charge on any atom is -0.406 e. The van der Waals surface area contributed by atoms with Crippen molar-refractivity contribution in [3.8, 4) is 5.75 Å². The average molecular weight is 239 g/mol. The summed E-state index contributed by atoms with van der Waals surface area (Å²) in [5, 5.41) is -0.819. The molecule has 0 aliphatic carbocycles. The summed E-state index contributed by atoms with van der Waals surface area (Å²) in [6.07, 6.45) is -4.78. The van der Waals surface area contributed by atoms with Gasteiger partial charge in [0.05, 0.1) is 0 Å². The monoisotopic (exact) mass is 238 g/mol. The van der Waals surface area contributed by atoms with Crippen molar-refractivity contribution in [2.24, 2.45) is 0 Å². The third-order valence-corrected chi connectivity index (χ3v) is 1.86. The van der Waals surface area contributed by atoms with E-state index in [1.807, 2.05) is 0 Å². The Labute approximate surface area is 88.6 Å². The summed E-state index contributed by atoms with van der Waals surface area (Å²) in [7, 11) is 0. The number of aryl methyl sites for hydroxylation is 1. The van der Waals surface area contributed by atoms with Gasteiger partial charge in [0.15, 0.2) is 0 Å². The van der Waals surface area contributed by atoms with Gasteiger partial charge in [-0.15, -0.1) is 13.2 Å². The van der Waals surface area contributed by atoms with E-state index in [-0.39, 0.29) is 5.56 Å². The molecule has 1 rings (SSSR count). The second kappa shape index (κ2) is 4.10. The highest BCUT2D eigenvalue weighted by molar-refractivity contribution is 6.67. The van der Waals surface area contributed by atoms with Gasteiger partial charge in [0.2, 0.25) is 0 Å². The Morgan fingerprint density at radius 1 is 1.40 bits per heavy atom. The molecule has 0 saturated carbocycles. The van der Waals surface area contributed by atoms with Gasteiger partial charge in [0, 0.05) is 5.56 Å². The first-order valence-corrected chi connectivity index (χ1v) is 4.23. The topological polar surface area (TPSA) is 26.3 Å². The number of benzene rings is 1. The summed E-state index contributed by atoms with van der Waals surface area (Å²) < 4.78 is 39.1. The third kappa shape index (κ3) is 3.43. The lowest BCUT2D eigenvalue weighted by Gasteiger charge is -2.10. The second-order valence-corrected chi connectivity index (χ2v) is 3.14. The van der Waals surface area contributed by atoms with Gasteiger partial charge < -0.3 is 4.74 Å². The normalized spacial score (nSPS) is 11.3. The molecule has 0 unspecified atom stereocenters. The zero-order valence-corrected chi connectivity index (χ0v) is 8.32. The molecule has 0 aliphatic rings. The predicted molar refractivity (Wildman–Crippen MR) is 48.0 cm³/mol. The quantitative estimate of drug-likeness (QED) is 0.739. The number of carbonyl (C=O) groups excluding carboxylic acids is 1. The molecule has 0 bridgehead atoms. The molecule has 15 heavy (non-hydrogen) atoms. The summed E-state index contributed by atoms with van der Waals surface area (Å²) >= 11 is 5.18. The number of halogens is 4. The number of ether oxygens (including phenoxy) is 1. The van der Waals surface area contributed by atoms with Crippen LogP contribution in [0.3, 0.4) is 0 Å². The Morgan fingerprint density at radius 3 is 2.47 bits per heavy atom. The highest BCUT2D eigenvalue weighted by Crippen LogP contribution is 2.25. The number of hydrogen-bond donors (Lipinski definition) is 0. The van der Waals surface area contributed by atoms with Crippen LogP contribution < -0.4 is 4.74 Å². The number of rotatable bonds is 2.